The summed E-state index contributed by atoms with van der Waals surface area (Å²) in [7, 11) is 3.16. The van der Waals surface area contributed by atoms with Gasteiger partial charge in [0.2, 0.25) is 5.13 Å². The highest BCUT2D eigenvalue weighted by Crippen LogP contribution is 2.34. The minimum Gasteiger partial charge on any atom is -0.496 e. The first-order valence-corrected chi connectivity index (χ1v) is 9.01. The molecule has 1 aliphatic heterocycles. The van der Waals surface area contributed by atoms with Crippen LogP contribution in [0, 0.1) is 0 Å². The number of H-pyrrole nitrogens is 1. The Labute approximate surface area is 153 Å². The van der Waals surface area contributed by atoms with Crippen LogP contribution in [0.5, 0.6) is 11.5 Å². The fraction of sp³-hybridized carbons (Fsp3) is 0.353. The Balaban J connectivity index is 1.58. The SMILES string of the molecule is COc1ccc(OC)c2[nH]c(C(=O)Nc3nnc(C4CCCO4)s3)cc12. The summed E-state index contributed by atoms with van der Waals surface area (Å²) < 4.78 is 16.3. The van der Waals surface area contributed by atoms with E-state index in [2.05, 4.69) is 20.5 Å². The van der Waals surface area contributed by atoms with Gasteiger partial charge in [0.25, 0.3) is 5.91 Å². The molecule has 0 spiro atoms. The van der Waals surface area contributed by atoms with Gasteiger partial charge in [0.05, 0.1) is 19.7 Å². The average Bonchev–Trinajstić information content (AvgIpc) is 3.39. The maximum atomic E-state index is 12.6. The summed E-state index contributed by atoms with van der Waals surface area (Å²) in [6, 6.07) is 5.32. The largest absolute Gasteiger partial charge is 0.496 e. The van der Waals surface area contributed by atoms with E-state index in [1.807, 2.05) is 0 Å². The molecule has 0 saturated carbocycles. The van der Waals surface area contributed by atoms with Crippen molar-refractivity contribution in [1.82, 2.24) is 15.2 Å². The van der Waals surface area contributed by atoms with E-state index in [1.54, 1.807) is 32.4 Å². The molecule has 1 aliphatic rings. The Morgan fingerprint density at radius 3 is 2.85 bits per heavy atom. The molecule has 3 aromatic rings. The molecule has 1 fully saturated rings. The minimum absolute atomic E-state index is 0.0141. The van der Waals surface area contributed by atoms with E-state index in [-0.39, 0.29) is 12.0 Å². The molecular weight excluding hydrogens is 356 g/mol. The highest BCUT2D eigenvalue weighted by molar-refractivity contribution is 7.15. The van der Waals surface area contributed by atoms with Crippen molar-refractivity contribution in [3.8, 4) is 11.5 Å². The molecule has 3 heterocycles. The zero-order chi connectivity index (χ0) is 18.1. The van der Waals surface area contributed by atoms with E-state index in [0.29, 0.717) is 27.8 Å². The molecular formula is C17H18N4O4S. The monoisotopic (exact) mass is 374 g/mol. The van der Waals surface area contributed by atoms with Gasteiger partial charge in [0.15, 0.2) is 0 Å². The predicted octanol–water partition coefficient (Wildman–Crippen LogP) is 3.14. The molecule has 136 valence electrons. The number of carbonyl (C=O) groups is 1. The second-order valence-corrected chi connectivity index (χ2v) is 6.85. The number of anilines is 1. The van der Waals surface area contributed by atoms with E-state index >= 15 is 0 Å². The van der Waals surface area contributed by atoms with Crippen molar-refractivity contribution in [3.63, 3.8) is 0 Å². The number of nitrogens with one attached hydrogen (secondary N) is 2. The number of aromatic amines is 1. The van der Waals surface area contributed by atoms with Gasteiger partial charge in [-0.1, -0.05) is 11.3 Å². The lowest BCUT2D eigenvalue weighted by atomic mass is 10.2. The van der Waals surface area contributed by atoms with Gasteiger partial charge in [-0.3, -0.25) is 10.1 Å². The summed E-state index contributed by atoms with van der Waals surface area (Å²) in [4.78, 5) is 15.7. The van der Waals surface area contributed by atoms with Crippen LogP contribution in [-0.4, -0.2) is 41.9 Å². The summed E-state index contributed by atoms with van der Waals surface area (Å²) in [5.41, 5.74) is 1.09. The number of amides is 1. The summed E-state index contributed by atoms with van der Waals surface area (Å²) in [6.07, 6.45) is 1.94. The molecule has 2 aromatic heterocycles. The smallest absolute Gasteiger partial charge is 0.273 e. The lowest BCUT2D eigenvalue weighted by Gasteiger charge is -2.05. The fourth-order valence-electron chi connectivity index (χ4n) is 2.99. The summed E-state index contributed by atoms with van der Waals surface area (Å²) >= 11 is 1.33. The van der Waals surface area contributed by atoms with Gasteiger partial charge in [0, 0.05) is 12.0 Å². The number of rotatable bonds is 5. The van der Waals surface area contributed by atoms with Crippen LogP contribution in [0.2, 0.25) is 0 Å². The quantitative estimate of drug-likeness (QED) is 0.712. The highest BCUT2D eigenvalue weighted by atomic mass is 32.1. The zero-order valence-electron chi connectivity index (χ0n) is 14.4. The second kappa shape index (κ2) is 6.93. The number of methoxy groups -OCH3 is 2. The van der Waals surface area contributed by atoms with Crippen LogP contribution in [0.15, 0.2) is 18.2 Å². The van der Waals surface area contributed by atoms with Crippen molar-refractivity contribution >= 4 is 33.3 Å². The molecule has 2 N–H and O–H groups in total. The van der Waals surface area contributed by atoms with Crippen molar-refractivity contribution in [1.29, 1.82) is 0 Å². The number of carbonyl (C=O) groups excluding carboxylic acids is 1. The van der Waals surface area contributed by atoms with Gasteiger partial charge in [-0.05, 0) is 31.0 Å². The maximum Gasteiger partial charge on any atom is 0.273 e. The fourth-order valence-corrected chi connectivity index (χ4v) is 3.81. The molecule has 26 heavy (non-hydrogen) atoms. The van der Waals surface area contributed by atoms with E-state index in [1.165, 1.54) is 11.3 Å². The Morgan fingerprint density at radius 1 is 1.31 bits per heavy atom. The van der Waals surface area contributed by atoms with Gasteiger partial charge < -0.3 is 19.2 Å². The van der Waals surface area contributed by atoms with Crippen LogP contribution in [0.1, 0.15) is 34.4 Å². The van der Waals surface area contributed by atoms with E-state index in [4.69, 9.17) is 14.2 Å². The molecule has 0 bridgehead atoms. The summed E-state index contributed by atoms with van der Waals surface area (Å²) in [6.45, 7) is 0.741. The number of nitrogens with zero attached hydrogens (tertiary/aromatic N) is 2. The Hall–Kier alpha value is -2.65. The van der Waals surface area contributed by atoms with Crippen molar-refractivity contribution in [2.45, 2.75) is 18.9 Å². The van der Waals surface area contributed by atoms with Crippen LogP contribution in [0.3, 0.4) is 0 Å². The number of ether oxygens (including phenoxy) is 3. The summed E-state index contributed by atoms with van der Waals surface area (Å²) in [5, 5.41) is 12.9. The van der Waals surface area contributed by atoms with Crippen molar-refractivity contribution < 1.29 is 19.0 Å². The zero-order valence-corrected chi connectivity index (χ0v) is 15.2. The molecule has 9 heteroatoms. The van der Waals surface area contributed by atoms with Gasteiger partial charge in [-0.25, -0.2) is 0 Å². The van der Waals surface area contributed by atoms with E-state index < -0.39 is 0 Å². The van der Waals surface area contributed by atoms with Crippen LogP contribution in [0.25, 0.3) is 10.9 Å². The standard InChI is InChI=1S/C17H18N4O4S/c1-23-11-5-6-12(24-2)14-9(11)8-10(18-14)15(22)19-17-21-20-16(26-17)13-4-3-7-25-13/h5-6,8,13,18H,3-4,7H2,1-2H3,(H,19,21,22). The number of hydrogen-bond donors (Lipinski definition) is 2. The van der Waals surface area contributed by atoms with E-state index in [0.717, 1.165) is 29.8 Å². The van der Waals surface area contributed by atoms with Crippen molar-refractivity contribution in [2.24, 2.45) is 0 Å². The lowest BCUT2D eigenvalue weighted by Crippen LogP contribution is -2.11. The summed E-state index contributed by atoms with van der Waals surface area (Å²) in [5.74, 6) is 0.990. The second-order valence-electron chi connectivity index (χ2n) is 5.84. The molecule has 0 aliphatic carbocycles. The third-order valence-electron chi connectivity index (χ3n) is 4.27. The normalized spacial score (nSPS) is 16.8. The number of fused-ring (bicyclic) bond motifs is 1. The van der Waals surface area contributed by atoms with E-state index in [9.17, 15) is 4.79 Å². The van der Waals surface area contributed by atoms with Gasteiger partial charge >= 0.3 is 0 Å². The first kappa shape index (κ1) is 16.8. The highest BCUT2D eigenvalue weighted by Gasteiger charge is 2.23. The maximum absolute atomic E-state index is 12.6. The first-order valence-electron chi connectivity index (χ1n) is 8.19. The Kier molecular flexibility index (Phi) is 4.48. The average molecular weight is 374 g/mol. The molecule has 4 rings (SSSR count). The third-order valence-corrected chi connectivity index (χ3v) is 5.20. The van der Waals surface area contributed by atoms with Crippen LogP contribution < -0.4 is 14.8 Å². The molecule has 1 amide bonds. The Morgan fingerprint density at radius 2 is 2.12 bits per heavy atom. The topological polar surface area (TPSA) is 98.4 Å². The number of benzene rings is 1. The molecule has 8 nitrogen and oxygen atoms in total. The number of hydrogen-bond acceptors (Lipinski definition) is 7. The molecule has 1 unspecified atom stereocenters. The molecule has 1 aromatic carbocycles. The van der Waals surface area contributed by atoms with Gasteiger partial charge in [-0.2, -0.15) is 0 Å². The van der Waals surface area contributed by atoms with Gasteiger partial charge in [0.1, 0.15) is 28.3 Å². The van der Waals surface area contributed by atoms with Crippen LogP contribution in [-0.2, 0) is 4.74 Å². The molecule has 1 atom stereocenters. The van der Waals surface area contributed by atoms with Crippen molar-refractivity contribution in [3.05, 3.63) is 28.9 Å². The minimum atomic E-state index is -0.305. The van der Waals surface area contributed by atoms with Crippen molar-refractivity contribution in [2.75, 3.05) is 26.1 Å². The van der Waals surface area contributed by atoms with Crippen LogP contribution in [0.4, 0.5) is 5.13 Å². The molecule has 1 saturated heterocycles. The van der Waals surface area contributed by atoms with Crippen LogP contribution >= 0.6 is 11.3 Å². The first-order chi connectivity index (χ1) is 12.7. The third kappa shape index (κ3) is 2.99. The Bertz CT molecular complexity index is 905. The lowest BCUT2D eigenvalue weighted by molar-refractivity contribution is 0.102. The molecule has 0 radical (unpaired) electrons. The van der Waals surface area contributed by atoms with Gasteiger partial charge in [-0.15, -0.1) is 10.2 Å². The predicted molar refractivity (Wildman–Crippen MR) is 97.2 cm³/mol. The number of aromatic nitrogens is 3.